The standard InChI is InChI=1S/C18H22N4O4/c1-25-18(24)19-12-15(23)22-11-7-3-6-10-14(22)16-20-17(26-21-16)13-8-4-2-5-9-13/h2,4-5,8-9,14H,3,6-7,10-12H2,1H3,(H,19,24). The van der Waals surface area contributed by atoms with E-state index >= 15 is 0 Å². The zero-order chi connectivity index (χ0) is 18.4. The van der Waals surface area contributed by atoms with Gasteiger partial charge in [0, 0.05) is 12.1 Å². The van der Waals surface area contributed by atoms with Gasteiger partial charge in [0.25, 0.3) is 5.89 Å². The molecule has 0 radical (unpaired) electrons. The van der Waals surface area contributed by atoms with Crippen molar-refractivity contribution in [3.8, 4) is 11.5 Å². The number of methoxy groups -OCH3 is 1. The molecule has 1 aliphatic heterocycles. The number of ether oxygens (including phenoxy) is 1. The Hall–Kier alpha value is -2.90. The Bertz CT molecular complexity index is 747. The molecule has 1 aromatic carbocycles. The first-order valence-corrected chi connectivity index (χ1v) is 8.69. The van der Waals surface area contributed by atoms with E-state index in [0.717, 1.165) is 31.2 Å². The molecule has 2 aromatic rings. The van der Waals surface area contributed by atoms with Crippen molar-refractivity contribution in [1.82, 2.24) is 20.4 Å². The lowest BCUT2D eigenvalue weighted by Gasteiger charge is -2.27. The lowest BCUT2D eigenvalue weighted by atomic mass is 10.1. The van der Waals surface area contributed by atoms with Crippen molar-refractivity contribution in [2.75, 3.05) is 20.2 Å². The molecule has 1 atom stereocenters. The van der Waals surface area contributed by atoms with E-state index < -0.39 is 6.09 Å². The minimum Gasteiger partial charge on any atom is -0.453 e. The number of amides is 2. The van der Waals surface area contributed by atoms with Gasteiger partial charge in [-0.1, -0.05) is 36.2 Å². The Morgan fingerprint density at radius 3 is 2.85 bits per heavy atom. The summed E-state index contributed by atoms with van der Waals surface area (Å²) < 4.78 is 9.92. The van der Waals surface area contributed by atoms with Gasteiger partial charge in [0.1, 0.15) is 6.54 Å². The first-order valence-electron chi connectivity index (χ1n) is 8.69. The van der Waals surface area contributed by atoms with Gasteiger partial charge in [-0.25, -0.2) is 4.79 Å². The molecule has 1 aliphatic rings. The Labute approximate surface area is 151 Å². The van der Waals surface area contributed by atoms with E-state index in [1.165, 1.54) is 7.11 Å². The quantitative estimate of drug-likeness (QED) is 0.902. The molecule has 1 fully saturated rings. The van der Waals surface area contributed by atoms with Crippen molar-refractivity contribution in [2.24, 2.45) is 0 Å². The van der Waals surface area contributed by atoms with Crippen LogP contribution in [0.3, 0.4) is 0 Å². The van der Waals surface area contributed by atoms with E-state index in [1.54, 1.807) is 4.90 Å². The summed E-state index contributed by atoms with van der Waals surface area (Å²) in [5.41, 5.74) is 0.838. The molecular weight excluding hydrogens is 336 g/mol. The molecule has 8 heteroatoms. The van der Waals surface area contributed by atoms with E-state index in [1.807, 2.05) is 30.3 Å². The number of nitrogens with one attached hydrogen (secondary N) is 1. The van der Waals surface area contributed by atoms with Crippen LogP contribution in [0.2, 0.25) is 0 Å². The van der Waals surface area contributed by atoms with Gasteiger partial charge in [0.2, 0.25) is 5.91 Å². The van der Waals surface area contributed by atoms with Crippen LogP contribution in [0.5, 0.6) is 0 Å². The Kier molecular flexibility index (Phi) is 5.83. The predicted molar refractivity (Wildman–Crippen MR) is 93.1 cm³/mol. The molecule has 1 saturated heterocycles. The number of alkyl carbamates (subject to hydrolysis) is 1. The molecule has 138 valence electrons. The van der Waals surface area contributed by atoms with Gasteiger partial charge >= 0.3 is 6.09 Å². The van der Waals surface area contributed by atoms with Crippen molar-refractivity contribution in [2.45, 2.75) is 31.7 Å². The summed E-state index contributed by atoms with van der Waals surface area (Å²) >= 11 is 0. The molecule has 1 N–H and O–H groups in total. The van der Waals surface area contributed by atoms with Crippen LogP contribution in [0.4, 0.5) is 4.79 Å². The van der Waals surface area contributed by atoms with E-state index in [4.69, 9.17) is 4.52 Å². The number of rotatable bonds is 4. The van der Waals surface area contributed by atoms with Gasteiger partial charge in [-0.15, -0.1) is 0 Å². The fourth-order valence-corrected chi connectivity index (χ4v) is 3.06. The van der Waals surface area contributed by atoms with Crippen LogP contribution >= 0.6 is 0 Å². The maximum absolute atomic E-state index is 12.6. The minimum absolute atomic E-state index is 0.118. The topological polar surface area (TPSA) is 97.6 Å². The zero-order valence-corrected chi connectivity index (χ0v) is 14.7. The van der Waals surface area contributed by atoms with Crippen molar-refractivity contribution in [1.29, 1.82) is 0 Å². The molecule has 0 saturated carbocycles. The third-order valence-corrected chi connectivity index (χ3v) is 4.40. The van der Waals surface area contributed by atoms with Crippen LogP contribution in [0.25, 0.3) is 11.5 Å². The van der Waals surface area contributed by atoms with E-state index in [2.05, 4.69) is 20.2 Å². The minimum atomic E-state index is -0.629. The molecule has 3 rings (SSSR count). The van der Waals surface area contributed by atoms with Gasteiger partial charge in [-0.3, -0.25) is 4.79 Å². The van der Waals surface area contributed by atoms with E-state index in [-0.39, 0.29) is 18.5 Å². The van der Waals surface area contributed by atoms with Gasteiger partial charge in [0.05, 0.1) is 13.2 Å². The van der Waals surface area contributed by atoms with Gasteiger partial charge in [0.15, 0.2) is 5.82 Å². The number of carbonyl (C=O) groups excluding carboxylic acids is 2. The number of hydrogen-bond donors (Lipinski definition) is 1. The highest BCUT2D eigenvalue weighted by molar-refractivity contribution is 5.82. The Morgan fingerprint density at radius 1 is 1.27 bits per heavy atom. The van der Waals surface area contributed by atoms with Crippen LogP contribution in [0, 0.1) is 0 Å². The number of nitrogens with zero attached hydrogens (tertiary/aromatic N) is 3. The molecule has 8 nitrogen and oxygen atoms in total. The SMILES string of the molecule is COC(=O)NCC(=O)N1CCCCCC1c1noc(-c2ccccc2)n1. The maximum atomic E-state index is 12.6. The van der Waals surface area contributed by atoms with Crippen LogP contribution in [-0.2, 0) is 9.53 Å². The second-order valence-electron chi connectivity index (χ2n) is 6.12. The Balaban J connectivity index is 1.77. The summed E-state index contributed by atoms with van der Waals surface area (Å²) in [6.45, 7) is 0.480. The fourth-order valence-electron chi connectivity index (χ4n) is 3.06. The number of hydrogen-bond acceptors (Lipinski definition) is 6. The van der Waals surface area contributed by atoms with Crippen molar-refractivity contribution in [3.05, 3.63) is 36.2 Å². The monoisotopic (exact) mass is 358 g/mol. The lowest BCUT2D eigenvalue weighted by molar-refractivity contribution is -0.132. The summed E-state index contributed by atoms with van der Waals surface area (Å²) in [4.78, 5) is 30.1. The molecular formula is C18H22N4O4. The van der Waals surface area contributed by atoms with Crippen LogP contribution < -0.4 is 5.32 Å². The molecule has 1 aromatic heterocycles. The molecule has 0 spiro atoms. The Morgan fingerprint density at radius 2 is 2.08 bits per heavy atom. The number of benzene rings is 1. The summed E-state index contributed by atoms with van der Waals surface area (Å²) in [6.07, 6.45) is 3.06. The highest BCUT2D eigenvalue weighted by Crippen LogP contribution is 2.30. The highest BCUT2D eigenvalue weighted by Gasteiger charge is 2.30. The molecule has 2 heterocycles. The molecule has 26 heavy (non-hydrogen) atoms. The summed E-state index contributed by atoms with van der Waals surface area (Å²) in [5, 5.41) is 6.55. The summed E-state index contributed by atoms with van der Waals surface area (Å²) in [5.74, 6) is 0.746. The average molecular weight is 358 g/mol. The summed E-state index contributed by atoms with van der Waals surface area (Å²) in [7, 11) is 1.26. The first-order chi connectivity index (χ1) is 12.7. The lowest BCUT2D eigenvalue weighted by Crippen LogP contribution is -2.42. The van der Waals surface area contributed by atoms with Crippen molar-refractivity contribution in [3.63, 3.8) is 0 Å². The third kappa shape index (κ3) is 4.19. The normalized spacial score (nSPS) is 17.4. The highest BCUT2D eigenvalue weighted by atomic mass is 16.5. The molecule has 1 unspecified atom stereocenters. The zero-order valence-electron chi connectivity index (χ0n) is 14.7. The smallest absolute Gasteiger partial charge is 0.407 e. The summed E-state index contributed by atoms with van der Waals surface area (Å²) in [6, 6.07) is 9.26. The maximum Gasteiger partial charge on any atom is 0.407 e. The van der Waals surface area contributed by atoms with Gasteiger partial charge in [-0.2, -0.15) is 4.98 Å². The molecule has 0 aliphatic carbocycles. The first kappa shape index (κ1) is 17.9. The average Bonchev–Trinajstić information content (AvgIpc) is 3.04. The third-order valence-electron chi connectivity index (χ3n) is 4.40. The van der Waals surface area contributed by atoms with E-state index in [9.17, 15) is 9.59 Å². The second-order valence-corrected chi connectivity index (χ2v) is 6.12. The number of aromatic nitrogens is 2. The fraction of sp³-hybridized carbons (Fsp3) is 0.444. The molecule has 0 bridgehead atoms. The van der Waals surface area contributed by atoms with Gasteiger partial charge in [-0.05, 0) is 25.0 Å². The van der Waals surface area contributed by atoms with Crippen LogP contribution in [0.15, 0.2) is 34.9 Å². The second kappa shape index (κ2) is 8.46. The van der Waals surface area contributed by atoms with Crippen molar-refractivity contribution < 1.29 is 18.8 Å². The van der Waals surface area contributed by atoms with Crippen molar-refractivity contribution >= 4 is 12.0 Å². The van der Waals surface area contributed by atoms with E-state index in [0.29, 0.717) is 18.3 Å². The number of carbonyl (C=O) groups is 2. The van der Waals surface area contributed by atoms with Gasteiger partial charge < -0.3 is 19.5 Å². The molecule has 2 amide bonds. The van der Waals surface area contributed by atoms with Crippen LogP contribution in [-0.4, -0.2) is 47.2 Å². The largest absolute Gasteiger partial charge is 0.453 e. The predicted octanol–water partition coefficient (Wildman–Crippen LogP) is 2.54. The number of likely N-dealkylation sites (tertiary alicyclic amines) is 1. The van der Waals surface area contributed by atoms with Crippen LogP contribution in [0.1, 0.15) is 37.5 Å².